The lowest BCUT2D eigenvalue weighted by Gasteiger charge is -1.98. The Morgan fingerprint density at radius 2 is 2.12 bits per heavy atom. The van der Waals surface area contributed by atoms with Crippen LogP contribution in [0, 0.1) is 0 Å². The lowest BCUT2D eigenvalue weighted by Crippen LogP contribution is -2.06. The molecule has 0 spiro atoms. The van der Waals surface area contributed by atoms with Gasteiger partial charge in [0, 0.05) is 11.1 Å². The minimum atomic E-state index is -0.207. The van der Waals surface area contributed by atoms with Gasteiger partial charge in [-0.2, -0.15) is 0 Å². The molecule has 0 N–H and O–H groups in total. The van der Waals surface area contributed by atoms with Crippen molar-refractivity contribution in [1.82, 2.24) is 10.2 Å². The van der Waals surface area contributed by atoms with Crippen LogP contribution in [0.4, 0.5) is 0 Å². The van der Waals surface area contributed by atoms with E-state index >= 15 is 0 Å². The average molecular weight is 357 g/mol. The van der Waals surface area contributed by atoms with Crippen molar-refractivity contribution in [1.29, 1.82) is 0 Å². The summed E-state index contributed by atoms with van der Waals surface area (Å²) in [7, 11) is 0. The zero-order chi connectivity index (χ0) is 12.5. The number of carbonyl (C=O) groups is 1. The topological polar surface area (TPSA) is 52.1 Å². The minimum absolute atomic E-state index is 0.207. The number of ether oxygens (including phenoxy) is 1. The fraction of sp³-hybridized carbons (Fsp3) is 0.667. The molecule has 0 atom stereocenters. The van der Waals surface area contributed by atoms with Crippen molar-refractivity contribution in [2.75, 3.05) is 23.4 Å². The molecule has 1 rings (SSSR count). The normalized spacial score (nSPS) is 10.5. The highest BCUT2D eigenvalue weighted by Crippen LogP contribution is 2.29. The van der Waals surface area contributed by atoms with Gasteiger partial charge in [0.05, 0.1) is 12.4 Å². The maximum Gasteiger partial charge on any atom is 0.316 e. The third-order valence-electron chi connectivity index (χ3n) is 1.51. The molecule has 0 radical (unpaired) electrons. The fourth-order valence-electron chi connectivity index (χ4n) is 0.851. The first-order valence-corrected chi connectivity index (χ1v) is 8.98. The minimum Gasteiger partial charge on any atom is -0.465 e. The molecule has 96 valence electrons. The van der Waals surface area contributed by atoms with Gasteiger partial charge in [-0.15, -0.1) is 10.2 Å². The first-order valence-electron chi connectivity index (χ1n) is 5.07. The number of aromatic nitrogens is 2. The Balaban J connectivity index is 2.27. The zero-order valence-electron chi connectivity index (χ0n) is 9.35. The van der Waals surface area contributed by atoms with E-state index in [1.54, 1.807) is 18.7 Å². The molecule has 1 aromatic rings. The molecular weight excluding hydrogens is 344 g/mol. The van der Waals surface area contributed by atoms with Gasteiger partial charge in [0.15, 0.2) is 8.68 Å². The molecule has 0 fully saturated rings. The van der Waals surface area contributed by atoms with Crippen LogP contribution < -0.4 is 0 Å². The van der Waals surface area contributed by atoms with E-state index in [2.05, 4.69) is 26.1 Å². The van der Waals surface area contributed by atoms with Crippen LogP contribution in [0.5, 0.6) is 0 Å². The van der Waals surface area contributed by atoms with E-state index in [4.69, 9.17) is 4.74 Å². The third-order valence-corrected chi connectivity index (χ3v) is 5.32. The highest BCUT2D eigenvalue weighted by atomic mass is 79.9. The number of hydrogen-bond donors (Lipinski definition) is 0. The quantitative estimate of drug-likeness (QED) is 0.308. The Morgan fingerprint density at radius 3 is 2.76 bits per heavy atom. The predicted molar refractivity (Wildman–Crippen MR) is 76.4 cm³/mol. The van der Waals surface area contributed by atoms with Gasteiger partial charge in [-0.1, -0.05) is 50.8 Å². The Labute approximate surface area is 121 Å². The molecule has 0 bridgehead atoms. The van der Waals surface area contributed by atoms with E-state index in [9.17, 15) is 4.79 Å². The van der Waals surface area contributed by atoms with Gasteiger partial charge in [-0.05, 0) is 13.3 Å². The molecule has 1 aromatic heterocycles. The highest BCUT2D eigenvalue weighted by molar-refractivity contribution is 9.09. The van der Waals surface area contributed by atoms with Gasteiger partial charge in [0.2, 0.25) is 0 Å². The van der Waals surface area contributed by atoms with Crippen LogP contribution in [-0.4, -0.2) is 39.6 Å². The molecule has 17 heavy (non-hydrogen) atoms. The van der Waals surface area contributed by atoms with Crippen molar-refractivity contribution in [3.63, 3.8) is 0 Å². The van der Waals surface area contributed by atoms with E-state index in [1.807, 2.05) is 0 Å². The molecule has 0 amide bonds. The predicted octanol–water partition coefficient (Wildman–Crippen LogP) is 3.07. The van der Waals surface area contributed by atoms with Crippen LogP contribution in [0.15, 0.2) is 8.68 Å². The smallest absolute Gasteiger partial charge is 0.316 e. The molecule has 1 heterocycles. The fourth-order valence-corrected chi connectivity index (χ4v) is 4.33. The molecule has 4 nitrogen and oxygen atoms in total. The Morgan fingerprint density at radius 1 is 1.41 bits per heavy atom. The standard InChI is InChI=1S/C9H13BrN2O2S3/c1-2-14-7(13)6-16-9-12-11-8(17-9)15-5-3-4-10/h2-6H2,1H3. The summed E-state index contributed by atoms with van der Waals surface area (Å²) in [5.74, 6) is 1.12. The van der Waals surface area contributed by atoms with E-state index < -0.39 is 0 Å². The Kier molecular flexibility index (Phi) is 8.25. The number of carbonyl (C=O) groups excluding carboxylic acids is 1. The Bertz CT molecular complexity index is 349. The molecule has 0 saturated carbocycles. The summed E-state index contributed by atoms with van der Waals surface area (Å²) in [4.78, 5) is 11.1. The summed E-state index contributed by atoms with van der Waals surface area (Å²) in [6, 6.07) is 0. The van der Waals surface area contributed by atoms with Gasteiger partial charge >= 0.3 is 5.97 Å². The maximum absolute atomic E-state index is 11.1. The monoisotopic (exact) mass is 356 g/mol. The molecule has 8 heteroatoms. The number of esters is 1. The number of rotatable bonds is 8. The number of alkyl halides is 1. The van der Waals surface area contributed by atoms with Crippen molar-refractivity contribution in [2.24, 2.45) is 0 Å². The van der Waals surface area contributed by atoms with Gasteiger partial charge in [0.1, 0.15) is 0 Å². The van der Waals surface area contributed by atoms with E-state index in [-0.39, 0.29) is 5.97 Å². The Hall–Kier alpha value is 0.210. The molecule has 0 unspecified atom stereocenters. The average Bonchev–Trinajstić information content (AvgIpc) is 2.75. The SMILES string of the molecule is CCOC(=O)CSc1nnc(SCCCBr)s1. The summed E-state index contributed by atoms with van der Waals surface area (Å²) in [6.45, 7) is 2.22. The van der Waals surface area contributed by atoms with Crippen LogP contribution in [0.25, 0.3) is 0 Å². The molecular formula is C9H13BrN2O2S3. The van der Waals surface area contributed by atoms with Gasteiger partial charge < -0.3 is 4.74 Å². The summed E-state index contributed by atoms with van der Waals surface area (Å²) in [5, 5.41) is 9.08. The van der Waals surface area contributed by atoms with E-state index in [0.29, 0.717) is 12.4 Å². The van der Waals surface area contributed by atoms with Gasteiger partial charge in [-0.3, -0.25) is 4.79 Å². The second-order valence-corrected chi connectivity index (χ2v) is 7.15. The number of hydrogen-bond acceptors (Lipinski definition) is 7. The van der Waals surface area contributed by atoms with Crippen LogP contribution in [0.1, 0.15) is 13.3 Å². The molecule has 0 aromatic carbocycles. The zero-order valence-corrected chi connectivity index (χ0v) is 13.4. The molecule has 0 saturated heterocycles. The second-order valence-electron chi connectivity index (χ2n) is 2.82. The lowest BCUT2D eigenvalue weighted by atomic mass is 10.6. The maximum atomic E-state index is 11.1. The van der Waals surface area contributed by atoms with Crippen molar-refractivity contribution in [2.45, 2.75) is 22.0 Å². The van der Waals surface area contributed by atoms with Crippen LogP contribution >= 0.6 is 50.8 Å². The lowest BCUT2D eigenvalue weighted by molar-refractivity contribution is -0.139. The van der Waals surface area contributed by atoms with Crippen molar-refractivity contribution in [3.05, 3.63) is 0 Å². The van der Waals surface area contributed by atoms with Crippen molar-refractivity contribution in [3.8, 4) is 0 Å². The van der Waals surface area contributed by atoms with E-state index in [0.717, 1.165) is 26.2 Å². The first-order chi connectivity index (χ1) is 8.26. The van der Waals surface area contributed by atoms with Crippen molar-refractivity contribution < 1.29 is 9.53 Å². The second kappa shape index (κ2) is 9.18. The third kappa shape index (κ3) is 6.64. The summed E-state index contributed by atoms with van der Waals surface area (Å²) in [5.41, 5.74) is 0. The molecule has 0 aliphatic carbocycles. The van der Waals surface area contributed by atoms with Crippen molar-refractivity contribution >= 4 is 56.8 Å². The van der Waals surface area contributed by atoms with Crippen LogP contribution in [0.3, 0.4) is 0 Å². The van der Waals surface area contributed by atoms with E-state index in [1.165, 1.54) is 23.1 Å². The number of halogens is 1. The summed E-state index contributed by atoms with van der Waals surface area (Å²) >= 11 is 7.98. The van der Waals surface area contributed by atoms with Gasteiger partial charge in [0.25, 0.3) is 0 Å². The highest BCUT2D eigenvalue weighted by Gasteiger charge is 2.08. The molecule has 0 aliphatic heterocycles. The number of thioether (sulfide) groups is 2. The summed E-state index contributed by atoms with van der Waals surface area (Å²) < 4.78 is 6.61. The largest absolute Gasteiger partial charge is 0.465 e. The number of nitrogens with zero attached hydrogens (tertiary/aromatic N) is 2. The van der Waals surface area contributed by atoms with Crippen LogP contribution in [-0.2, 0) is 9.53 Å². The summed E-state index contributed by atoms with van der Waals surface area (Å²) in [6.07, 6.45) is 1.11. The first kappa shape index (κ1) is 15.3. The van der Waals surface area contributed by atoms with Crippen LogP contribution in [0.2, 0.25) is 0 Å². The molecule has 0 aliphatic rings. The van der Waals surface area contributed by atoms with Gasteiger partial charge in [-0.25, -0.2) is 0 Å².